The first kappa shape index (κ1) is 12.2. The van der Waals surface area contributed by atoms with Crippen molar-refractivity contribution in [3.63, 3.8) is 0 Å². The molecule has 0 N–H and O–H groups in total. The van der Waals surface area contributed by atoms with Crippen LogP contribution in [0.2, 0.25) is 0 Å². The number of hydrogen-bond acceptors (Lipinski definition) is 2. The summed E-state index contributed by atoms with van der Waals surface area (Å²) in [6.07, 6.45) is 4.93. The predicted molar refractivity (Wildman–Crippen MR) is 60.1 cm³/mol. The second-order valence-electron chi connectivity index (χ2n) is 4.96. The number of carbonyl (C=O) groups excluding carboxylic acids is 1. The van der Waals surface area contributed by atoms with E-state index in [2.05, 4.69) is 26.8 Å². The fraction of sp³-hybridized carbons (Fsp3) is 0.846. The third-order valence-electron chi connectivity index (χ3n) is 3.75. The molecule has 0 bridgehead atoms. The molecule has 1 rings (SSSR count). The van der Waals surface area contributed by atoms with Crippen LogP contribution in [-0.4, -0.2) is 5.78 Å². The largest absolute Gasteiger partial charge is 0.299 e. The highest BCUT2D eigenvalue weighted by molar-refractivity contribution is 5.89. The van der Waals surface area contributed by atoms with Crippen molar-refractivity contribution in [1.82, 2.24) is 0 Å². The van der Waals surface area contributed by atoms with Crippen molar-refractivity contribution < 1.29 is 4.79 Å². The lowest BCUT2D eigenvalue weighted by atomic mass is 9.76. The molecule has 1 fully saturated rings. The van der Waals surface area contributed by atoms with Gasteiger partial charge in [0.1, 0.15) is 5.78 Å². The highest BCUT2D eigenvalue weighted by Crippen LogP contribution is 2.45. The fourth-order valence-corrected chi connectivity index (χ4v) is 2.12. The van der Waals surface area contributed by atoms with Crippen LogP contribution in [0.15, 0.2) is 0 Å². The molecule has 0 radical (unpaired) electrons. The monoisotopic (exact) mass is 207 g/mol. The van der Waals surface area contributed by atoms with Crippen LogP contribution in [0.1, 0.15) is 52.9 Å². The molecule has 0 aromatic carbocycles. The van der Waals surface area contributed by atoms with Gasteiger partial charge in [-0.15, -0.1) is 0 Å². The summed E-state index contributed by atoms with van der Waals surface area (Å²) in [7, 11) is 0. The molecule has 1 aliphatic rings. The van der Waals surface area contributed by atoms with Gasteiger partial charge in [0.25, 0.3) is 0 Å². The molecule has 0 heterocycles. The molecule has 0 saturated heterocycles. The smallest absolute Gasteiger partial charge is 0.143 e. The number of nitrogens with zero attached hydrogens (tertiary/aromatic N) is 1. The van der Waals surface area contributed by atoms with E-state index in [0.29, 0.717) is 5.78 Å². The number of Topliss-reactive ketones (excluding diaryl/α,β-unsaturated/α-hetero) is 1. The van der Waals surface area contributed by atoms with Crippen LogP contribution in [0.3, 0.4) is 0 Å². The summed E-state index contributed by atoms with van der Waals surface area (Å²) in [5.74, 6) is 0.409. The molecule has 2 nitrogen and oxygen atoms in total. The van der Waals surface area contributed by atoms with Crippen LogP contribution in [0.5, 0.6) is 0 Å². The molecule has 1 aliphatic carbocycles. The van der Waals surface area contributed by atoms with Gasteiger partial charge in [-0.1, -0.05) is 33.6 Å². The van der Waals surface area contributed by atoms with Crippen LogP contribution >= 0.6 is 0 Å². The molecule has 15 heavy (non-hydrogen) atoms. The van der Waals surface area contributed by atoms with Gasteiger partial charge in [-0.3, -0.25) is 4.79 Å². The Bertz CT molecular complexity index is 279. The van der Waals surface area contributed by atoms with Gasteiger partial charge >= 0.3 is 0 Å². The van der Waals surface area contributed by atoms with E-state index in [4.69, 9.17) is 5.26 Å². The number of carbonyl (C=O) groups is 1. The minimum atomic E-state index is -0.174. The van der Waals surface area contributed by atoms with E-state index < -0.39 is 0 Å². The Morgan fingerprint density at radius 3 is 2.60 bits per heavy atom. The summed E-state index contributed by atoms with van der Waals surface area (Å²) in [6, 6.07) is 2.20. The summed E-state index contributed by atoms with van der Waals surface area (Å²) in [5.41, 5.74) is -0.174. The van der Waals surface area contributed by atoms with Crippen molar-refractivity contribution in [3.05, 3.63) is 0 Å². The molecule has 84 valence electrons. The van der Waals surface area contributed by atoms with Gasteiger partial charge in [-0.05, 0) is 19.3 Å². The van der Waals surface area contributed by atoms with Crippen molar-refractivity contribution in [1.29, 1.82) is 5.26 Å². The molecule has 0 amide bonds. The van der Waals surface area contributed by atoms with Crippen LogP contribution < -0.4 is 0 Å². The van der Waals surface area contributed by atoms with Gasteiger partial charge in [-0.2, -0.15) is 5.26 Å². The zero-order chi connectivity index (χ0) is 11.5. The average Bonchev–Trinajstić information content (AvgIpc) is 3.04. The van der Waals surface area contributed by atoms with Gasteiger partial charge in [0, 0.05) is 11.3 Å². The number of unbranched alkanes of at least 4 members (excludes halogenated alkanes) is 1. The lowest BCUT2D eigenvalue weighted by Crippen LogP contribution is -2.29. The van der Waals surface area contributed by atoms with Crippen LogP contribution in [0.4, 0.5) is 0 Å². The van der Waals surface area contributed by atoms with E-state index in [0.717, 1.165) is 32.1 Å². The number of ketones is 1. The molecule has 3 atom stereocenters. The minimum absolute atomic E-state index is 0.0185. The highest BCUT2D eigenvalue weighted by atomic mass is 16.1. The zero-order valence-electron chi connectivity index (χ0n) is 10.0. The number of hydrogen-bond donors (Lipinski definition) is 0. The normalized spacial score (nSPS) is 27.9. The average molecular weight is 207 g/mol. The van der Waals surface area contributed by atoms with E-state index in [1.165, 1.54) is 0 Å². The predicted octanol–water partition coefficient (Wildman–Crippen LogP) is 3.32. The van der Waals surface area contributed by atoms with Gasteiger partial charge in [0.2, 0.25) is 0 Å². The molecular weight excluding hydrogens is 186 g/mol. The summed E-state index contributed by atoms with van der Waals surface area (Å²) >= 11 is 0. The van der Waals surface area contributed by atoms with Crippen molar-refractivity contribution >= 4 is 5.78 Å². The maximum Gasteiger partial charge on any atom is 0.143 e. The van der Waals surface area contributed by atoms with Gasteiger partial charge in [0.05, 0.1) is 12.0 Å². The number of rotatable bonds is 6. The molecule has 0 aromatic heterocycles. The summed E-state index contributed by atoms with van der Waals surface area (Å²) in [6.45, 7) is 6.30. The van der Waals surface area contributed by atoms with Crippen molar-refractivity contribution in [2.24, 2.45) is 17.3 Å². The summed E-state index contributed by atoms with van der Waals surface area (Å²) in [5, 5.41) is 8.74. The van der Waals surface area contributed by atoms with E-state index in [-0.39, 0.29) is 17.3 Å². The van der Waals surface area contributed by atoms with E-state index in [1.807, 2.05) is 0 Å². The Balaban J connectivity index is 2.58. The first-order valence-electron chi connectivity index (χ1n) is 6.03. The third-order valence-corrected chi connectivity index (χ3v) is 3.75. The van der Waals surface area contributed by atoms with E-state index in [1.54, 1.807) is 0 Å². The second kappa shape index (κ2) is 4.79. The van der Waals surface area contributed by atoms with Gasteiger partial charge in [-0.25, -0.2) is 0 Å². The van der Waals surface area contributed by atoms with E-state index >= 15 is 0 Å². The van der Waals surface area contributed by atoms with Crippen molar-refractivity contribution in [2.75, 3.05) is 0 Å². The molecule has 0 aromatic rings. The van der Waals surface area contributed by atoms with Crippen LogP contribution in [0.25, 0.3) is 0 Å². The Hall–Kier alpha value is -0.840. The molecule has 0 aliphatic heterocycles. The van der Waals surface area contributed by atoms with E-state index in [9.17, 15) is 4.79 Å². The van der Waals surface area contributed by atoms with Gasteiger partial charge in [0.15, 0.2) is 0 Å². The Labute approximate surface area is 92.7 Å². The molecular formula is C13H21NO. The maximum absolute atomic E-state index is 12.2. The fourth-order valence-electron chi connectivity index (χ4n) is 2.12. The molecule has 0 spiro atoms. The van der Waals surface area contributed by atoms with Gasteiger partial charge < -0.3 is 0 Å². The lowest BCUT2D eigenvalue weighted by molar-refractivity contribution is -0.130. The lowest BCUT2D eigenvalue weighted by Gasteiger charge is -2.26. The zero-order valence-corrected chi connectivity index (χ0v) is 10.0. The SMILES string of the molecule is CCCCC(C)(CC)C(=O)C1CC1C#N. The molecule has 3 unspecified atom stereocenters. The van der Waals surface area contributed by atoms with Crippen molar-refractivity contribution in [2.45, 2.75) is 52.9 Å². The first-order chi connectivity index (χ1) is 7.09. The van der Waals surface area contributed by atoms with Crippen LogP contribution in [-0.2, 0) is 4.79 Å². The highest BCUT2D eigenvalue weighted by Gasteiger charge is 2.48. The Morgan fingerprint density at radius 2 is 2.20 bits per heavy atom. The number of nitriles is 1. The minimum Gasteiger partial charge on any atom is -0.299 e. The topological polar surface area (TPSA) is 40.9 Å². The molecule has 1 saturated carbocycles. The molecule has 2 heteroatoms. The standard InChI is InChI=1S/C13H21NO/c1-4-6-7-13(3,5-2)12(15)11-8-10(11)9-14/h10-11H,4-8H2,1-3H3. The van der Waals surface area contributed by atoms with Crippen LogP contribution in [0, 0.1) is 28.6 Å². The third kappa shape index (κ3) is 2.59. The quantitative estimate of drug-likeness (QED) is 0.670. The van der Waals surface area contributed by atoms with Crippen molar-refractivity contribution in [3.8, 4) is 6.07 Å². The first-order valence-corrected chi connectivity index (χ1v) is 6.03. The summed E-state index contributed by atoms with van der Waals surface area (Å²) in [4.78, 5) is 12.2. The second-order valence-corrected chi connectivity index (χ2v) is 4.96. The maximum atomic E-state index is 12.2. The Morgan fingerprint density at radius 1 is 1.53 bits per heavy atom. The Kier molecular flexibility index (Phi) is 3.90. The summed E-state index contributed by atoms with van der Waals surface area (Å²) < 4.78 is 0.